The highest BCUT2D eigenvalue weighted by atomic mass is 16.5. The number of nitrogens with one attached hydrogen (secondary N) is 1. The van der Waals surface area contributed by atoms with Crippen molar-refractivity contribution in [2.75, 3.05) is 13.2 Å². The number of benzene rings is 2. The molecule has 2 aromatic carbocycles. The van der Waals surface area contributed by atoms with E-state index in [1.165, 1.54) is 18.4 Å². The predicted octanol–water partition coefficient (Wildman–Crippen LogP) is 4.74. The quantitative estimate of drug-likeness (QED) is 0.328. The van der Waals surface area contributed by atoms with Crippen molar-refractivity contribution in [3.8, 4) is 11.5 Å². The highest BCUT2D eigenvalue weighted by Gasteiger charge is 2.02. The average molecular weight is 383 g/mol. The summed E-state index contributed by atoms with van der Waals surface area (Å²) in [4.78, 5) is 11.8. The van der Waals surface area contributed by atoms with E-state index in [9.17, 15) is 4.79 Å². The number of nitrogens with zero attached hydrogens (tertiary/aromatic N) is 1. The van der Waals surface area contributed by atoms with Crippen molar-refractivity contribution in [2.24, 2.45) is 5.10 Å². The number of unbranched alkanes of at least 4 members (excludes halogenated alkanes) is 2. The summed E-state index contributed by atoms with van der Waals surface area (Å²) in [6.07, 6.45) is 7.16. The molecule has 0 heterocycles. The van der Waals surface area contributed by atoms with Gasteiger partial charge in [0.05, 0.1) is 12.8 Å². The number of hydrogen-bond acceptors (Lipinski definition) is 4. The van der Waals surface area contributed by atoms with E-state index >= 15 is 0 Å². The minimum absolute atomic E-state index is 0.0736. The maximum atomic E-state index is 11.8. The molecule has 0 fully saturated rings. The van der Waals surface area contributed by atoms with E-state index in [4.69, 9.17) is 9.47 Å². The number of rotatable bonds is 12. The van der Waals surface area contributed by atoms with Crippen LogP contribution in [0.5, 0.6) is 11.5 Å². The van der Waals surface area contributed by atoms with E-state index in [1.54, 1.807) is 6.21 Å². The second kappa shape index (κ2) is 12.5. The summed E-state index contributed by atoms with van der Waals surface area (Å²) in [7, 11) is 0. The van der Waals surface area contributed by atoms with E-state index < -0.39 is 0 Å². The SMILES string of the molecule is CCCCOc1ccc(/C=N\NC(=O)COc2ccc(CCCC)cc2)cc1. The number of aryl methyl sites for hydroxylation is 1. The van der Waals surface area contributed by atoms with Crippen LogP contribution in [-0.4, -0.2) is 25.3 Å². The van der Waals surface area contributed by atoms with Gasteiger partial charge in [-0.05, 0) is 66.8 Å². The van der Waals surface area contributed by atoms with E-state index in [2.05, 4.69) is 24.4 Å². The molecule has 1 amide bonds. The fourth-order valence-electron chi connectivity index (χ4n) is 2.48. The fourth-order valence-corrected chi connectivity index (χ4v) is 2.48. The van der Waals surface area contributed by atoms with Crippen LogP contribution in [0, 0.1) is 0 Å². The Balaban J connectivity index is 1.70. The third-order valence-electron chi connectivity index (χ3n) is 4.16. The molecule has 0 aliphatic carbocycles. The minimum Gasteiger partial charge on any atom is -0.494 e. The second-order valence-corrected chi connectivity index (χ2v) is 6.60. The molecule has 0 aromatic heterocycles. The van der Waals surface area contributed by atoms with Crippen molar-refractivity contribution in [3.05, 3.63) is 59.7 Å². The summed E-state index contributed by atoms with van der Waals surface area (Å²) in [5, 5.41) is 3.96. The maximum absolute atomic E-state index is 11.8. The van der Waals surface area contributed by atoms with Crippen LogP contribution in [0.3, 0.4) is 0 Å². The Labute approximate surface area is 167 Å². The summed E-state index contributed by atoms with van der Waals surface area (Å²) in [5.41, 5.74) is 4.64. The Morgan fingerprint density at radius 1 is 0.929 bits per heavy atom. The number of ether oxygens (including phenoxy) is 2. The molecular formula is C23H30N2O3. The van der Waals surface area contributed by atoms with Crippen LogP contribution < -0.4 is 14.9 Å². The molecule has 0 bridgehead atoms. The van der Waals surface area contributed by atoms with Gasteiger partial charge in [0.25, 0.3) is 5.91 Å². The van der Waals surface area contributed by atoms with E-state index in [0.717, 1.165) is 37.2 Å². The smallest absolute Gasteiger partial charge is 0.277 e. The summed E-state index contributed by atoms with van der Waals surface area (Å²) in [5.74, 6) is 1.22. The molecule has 0 saturated carbocycles. The molecule has 5 nitrogen and oxygen atoms in total. The molecule has 0 radical (unpaired) electrons. The minimum atomic E-state index is -0.300. The third kappa shape index (κ3) is 8.25. The predicted molar refractivity (Wildman–Crippen MR) is 113 cm³/mol. The van der Waals surface area contributed by atoms with Gasteiger partial charge in [-0.15, -0.1) is 0 Å². The van der Waals surface area contributed by atoms with Crippen molar-refractivity contribution in [2.45, 2.75) is 46.0 Å². The average Bonchev–Trinajstić information content (AvgIpc) is 2.73. The van der Waals surface area contributed by atoms with Gasteiger partial charge in [-0.2, -0.15) is 5.10 Å². The van der Waals surface area contributed by atoms with Crippen LogP contribution in [0.1, 0.15) is 50.7 Å². The molecule has 150 valence electrons. The lowest BCUT2D eigenvalue weighted by Crippen LogP contribution is -2.24. The number of carbonyl (C=O) groups excluding carboxylic acids is 1. The van der Waals surface area contributed by atoms with Crippen LogP contribution in [0.25, 0.3) is 0 Å². The second-order valence-electron chi connectivity index (χ2n) is 6.60. The van der Waals surface area contributed by atoms with Crippen molar-refractivity contribution < 1.29 is 14.3 Å². The first kappa shape index (κ1) is 21.5. The van der Waals surface area contributed by atoms with Crippen LogP contribution >= 0.6 is 0 Å². The van der Waals surface area contributed by atoms with E-state index in [0.29, 0.717) is 5.75 Å². The van der Waals surface area contributed by atoms with Gasteiger partial charge >= 0.3 is 0 Å². The number of carbonyl (C=O) groups is 1. The normalized spacial score (nSPS) is 10.8. The standard InChI is InChI=1S/C23H30N2O3/c1-3-5-7-19-8-12-22(13-9-19)28-18-23(26)25-24-17-20-10-14-21(15-11-20)27-16-6-4-2/h8-15,17H,3-7,16,18H2,1-2H3,(H,25,26)/b24-17-. The molecule has 2 aromatic rings. The van der Waals surface area contributed by atoms with Gasteiger partial charge in [-0.3, -0.25) is 4.79 Å². The zero-order valence-corrected chi connectivity index (χ0v) is 16.8. The lowest BCUT2D eigenvalue weighted by atomic mass is 10.1. The third-order valence-corrected chi connectivity index (χ3v) is 4.16. The van der Waals surface area contributed by atoms with Crippen LogP contribution in [0.4, 0.5) is 0 Å². The lowest BCUT2D eigenvalue weighted by molar-refractivity contribution is -0.123. The molecule has 28 heavy (non-hydrogen) atoms. The van der Waals surface area contributed by atoms with Crippen LogP contribution in [0.15, 0.2) is 53.6 Å². The van der Waals surface area contributed by atoms with Gasteiger partial charge in [-0.25, -0.2) is 5.43 Å². The molecule has 0 saturated heterocycles. The van der Waals surface area contributed by atoms with Crippen molar-refractivity contribution in [1.82, 2.24) is 5.43 Å². The fraction of sp³-hybridized carbons (Fsp3) is 0.391. The zero-order chi connectivity index (χ0) is 20.0. The van der Waals surface area contributed by atoms with E-state index in [1.807, 2.05) is 48.5 Å². The summed E-state index contributed by atoms with van der Waals surface area (Å²) in [6, 6.07) is 15.4. The van der Waals surface area contributed by atoms with Crippen molar-refractivity contribution >= 4 is 12.1 Å². The largest absolute Gasteiger partial charge is 0.494 e. The van der Waals surface area contributed by atoms with Gasteiger partial charge in [0.1, 0.15) is 11.5 Å². The molecule has 0 aliphatic rings. The molecule has 5 heteroatoms. The lowest BCUT2D eigenvalue weighted by Gasteiger charge is -2.06. The monoisotopic (exact) mass is 382 g/mol. The molecule has 0 atom stereocenters. The first-order valence-electron chi connectivity index (χ1n) is 9.97. The van der Waals surface area contributed by atoms with Crippen molar-refractivity contribution in [1.29, 1.82) is 0 Å². The molecule has 0 aliphatic heterocycles. The Kier molecular flexibility index (Phi) is 9.62. The van der Waals surface area contributed by atoms with Gasteiger partial charge in [0, 0.05) is 0 Å². The Hall–Kier alpha value is -2.82. The highest BCUT2D eigenvalue weighted by Crippen LogP contribution is 2.14. The number of hydrazone groups is 1. The molecule has 0 unspecified atom stereocenters. The first-order chi connectivity index (χ1) is 13.7. The highest BCUT2D eigenvalue weighted by molar-refractivity contribution is 5.83. The summed E-state index contributed by atoms with van der Waals surface area (Å²) >= 11 is 0. The Morgan fingerprint density at radius 3 is 2.25 bits per heavy atom. The zero-order valence-electron chi connectivity index (χ0n) is 16.8. The first-order valence-corrected chi connectivity index (χ1v) is 9.97. The Morgan fingerprint density at radius 2 is 1.57 bits per heavy atom. The molecule has 1 N–H and O–H groups in total. The number of amides is 1. The maximum Gasteiger partial charge on any atom is 0.277 e. The van der Waals surface area contributed by atoms with Gasteiger partial charge < -0.3 is 9.47 Å². The van der Waals surface area contributed by atoms with Crippen LogP contribution in [0.2, 0.25) is 0 Å². The van der Waals surface area contributed by atoms with Crippen molar-refractivity contribution in [3.63, 3.8) is 0 Å². The van der Waals surface area contributed by atoms with Crippen LogP contribution in [-0.2, 0) is 11.2 Å². The molecule has 0 spiro atoms. The summed E-state index contributed by atoms with van der Waals surface area (Å²) in [6.45, 7) is 4.96. The van der Waals surface area contributed by atoms with Gasteiger partial charge in [0.2, 0.25) is 0 Å². The van der Waals surface area contributed by atoms with Gasteiger partial charge in [0.15, 0.2) is 6.61 Å². The summed E-state index contributed by atoms with van der Waals surface area (Å²) < 4.78 is 11.1. The number of hydrogen-bond donors (Lipinski definition) is 1. The Bertz CT molecular complexity index is 725. The molecular weight excluding hydrogens is 352 g/mol. The molecule has 2 rings (SSSR count). The topological polar surface area (TPSA) is 59.9 Å². The van der Waals surface area contributed by atoms with E-state index in [-0.39, 0.29) is 12.5 Å². The van der Waals surface area contributed by atoms with Gasteiger partial charge in [-0.1, -0.05) is 38.8 Å².